The molecular weight excluding hydrogens is 394 g/mol. The lowest BCUT2D eigenvalue weighted by Crippen LogP contribution is -2.36. The normalized spacial score (nSPS) is 12.8. The molecule has 7 nitrogen and oxygen atoms in total. The Balaban J connectivity index is 1.33. The van der Waals surface area contributed by atoms with E-state index in [9.17, 15) is 14.4 Å². The van der Waals surface area contributed by atoms with E-state index >= 15 is 0 Å². The summed E-state index contributed by atoms with van der Waals surface area (Å²) >= 11 is 0. The smallest absolute Gasteiger partial charge is 0.331 e. The maximum Gasteiger partial charge on any atom is 0.331 e. The number of ether oxygens (including phenoxy) is 1. The van der Waals surface area contributed by atoms with Crippen molar-refractivity contribution in [2.24, 2.45) is 0 Å². The van der Waals surface area contributed by atoms with E-state index in [-0.39, 0.29) is 16.9 Å². The van der Waals surface area contributed by atoms with E-state index in [1.165, 1.54) is 0 Å². The second-order valence-electron chi connectivity index (χ2n) is 6.99. The Morgan fingerprint density at radius 1 is 0.839 bits per heavy atom. The number of esters is 1. The van der Waals surface area contributed by atoms with Crippen molar-refractivity contribution in [2.45, 2.75) is 0 Å². The number of hydrogen-bond donors (Lipinski definition) is 0. The largest absolute Gasteiger partial charge is 0.425 e. The lowest BCUT2D eigenvalue weighted by molar-refractivity contribution is -0.134. The lowest BCUT2D eigenvalue weighted by Gasteiger charge is -2.13. The number of para-hydroxylation sites is 2. The molecule has 0 fully saturated rings. The molecule has 3 aromatic carbocycles. The third-order valence-corrected chi connectivity index (χ3v) is 4.98. The monoisotopic (exact) mass is 409 g/mol. The van der Waals surface area contributed by atoms with Crippen LogP contribution in [-0.4, -0.2) is 39.2 Å². The van der Waals surface area contributed by atoms with Crippen LogP contribution in [0.3, 0.4) is 0 Å². The summed E-state index contributed by atoms with van der Waals surface area (Å²) in [5.41, 5.74) is 3.48. The zero-order chi connectivity index (χ0) is 21.4. The van der Waals surface area contributed by atoms with Crippen LogP contribution in [0.15, 0.2) is 79.0 Å². The molecule has 7 heteroatoms. The minimum absolute atomic E-state index is 0.286. The number of fused-ring (bicyclic) bond motifs is 2. The fourth-order valence-corrected chi connectivity index (χ4v) is 3.49. The molecule has 2 amide bonds. The van der Waals surface area contributed by atoms with Crippen LogP contribution in [0.5, 0.6) is 5.75 Å². The Bertz CT molecular complexity index is 1330. The van der Waals surface area contributed by atoms with Crippen molar-refractivity contribution in [1.82, 2.24) is 14.9 Å². The molecule has 4 aromatic rings. The second kappa shape index (κ2) is 7.46. The number of benzene rings is 3. The highest BCUT2D eigenvalue weighted by Crippen LogP contribution is 2.25. The summed E-state index contributed by atoms with van der Waals surface area (Å²) in [6.45, 7) is -0.466. The Labute approximate surface area is 176 Å². The second-order valence-corrected chi connectivity index (χ2v) is 6.99. The maximum atomic E-state index is 12.4. The first-order valence-corrected chi connectivity index (χ1v) is 9.58. The fourth-order valence-electron chi connectivity index (χ4n) is 3.49. The predicted molar refractivity (Wildman–Crippen MR) is 112 cm³/mol. The van der Waals surface area contributed by atoms with Crippen LogP contribution in [0.2, 0.25) is 0 Å². The average molecular weight is 409 g/mol. The molecule has 0 saturated heterocycles. The minimum atomic E-state index is -0.712. The zero-order valence-corrected chi connectivity index (χ0v) is 16.2. The van der Waals surface area contributed by atoms with Gasteiger partial charge in [0.2, 0.25) is 0 Å². The molecule has 1 aromatic heterocycles. The number of amides is 2. The summed E-state index contributed by atoms with van der Waals surface area (Å²) in [7, 11) is 0. The number of nitrogens with zero attached hydrogens (tertiary/aromatic N) is 3. The highest BCUT2D eigenvalue weighted by molar-refractivity contribution is 6.22. The third-order valence-electron chi connectivity index (χ3n) is 4.98. The quantitative estimate of drug-likeness (QED) is 0.291. The number of rotatable bonds is 4. The van der Waals surface area contributed by atoms with Gasteiger partial charge in [-0.15, -0.1) is 0 Å². The highest BCUT2D eigenvalue weighted by Gasteiger charge is 2.36. The third kappa shape index (κ3) is 3.42. The van der Waals surface area contributed by atoms with E-state index in [2.05, 4.69) is 9.97 Å². The Kier molecular flexibility index (Phi) is 4.48. The predicted octanol–water partition coefficient (Wildman–Crippen LogP) is 3.50. The summed E-state index contributed by atoms with van der Waals surface area (Å²) in [4.78, 5) is 47.2. The molecule has 5 rings (SSSR count). The summed E-state index contributed by atoms with van der Waals surface area (Å²) in [6.07, 6.45) is 1.65. The van der Waals surface area contributed by atoms with Gasteiger partial charge in [-0.2, -0.15) is 0 Å². The van der Waals surface area contributed by atoms with E-state index in [4.69, 9.17) is 4.74 Å². The van der Waals surface area contributed by atoms with Crippen molar-refractivity contribution in [1.29, 1.82) is 0 Å². The van der Waals surface area contributed by atoms with Crippen LogP contribution in [0, 0.1) is 0 Å². The van der Waals surface area contributed by atoms with Gasteiger partial charge in [0, 0.05) is 5.56 Å². The lowest BCUT2D eigenvalue weighted by atomic mass is 10.1. The van der Waals surface area contributed by atoms with Crippen molar-refractivity contribution >= 4 is 28.8 Å². The van der Waals surface area contributed by atoms with Crippen molar-refractivity contribution in [3.8, 4) is 17.0 Å². The molecule has 0 spiro atoms. The van der Waals surface area contributed by atoms with Crippen molar-refractivity contribution in [2.75, 3.05) is 6.54 Å². The molecule has 0 saturated carbocycles. The summed E-state index contributed by atoms with van der Waals surface area (Å²) in [6, 6.07) is 20.9. The van der Waals surface area contributed by atoms with Gasteiger partial charge in [-0.25, -0.2) is 9.78 Å². The first-order valence-electron chi connectivity index (χ1n) is 9.58. The van der Waals surface area contributed by atoms with Gasteiger partial charge in [-0.05, 0) is 36.4 Å². The van der Waals surface area contributed by atoms with Gasteiger partial charge in [0.1, 0.15) is 12.3 Å². The molecule has 0 atom stereocenters. The zero-order valence-electron chi connectivity index (χ0n) is 16.2. The summed E-state index contributed by atoms with van der Waals surface area (Å²) in [5.74, 6) is -1.43. The van der Waals surface area contributed by atoms with Crippen molar-refractivity contribution < 1.29 is 19.1 Å². The van der Waals surface area contributed by atoms with Gasteiger partial charge in [-0.1, -0.05) is 36.4 Å². The van der Waals surface area contributed by atoms with Crippen molar-refractivity contribution in [3.63, 3.8) is 0 Å². The van der Waals surface area contributed by atoms with Crippen LogP contribution < -0.4 is 4.74 Å². The van der Waals surface area contributed by atoms with Gasteiger partial charge < -0.3 is 4.74 Å². The molecule has 0 unspecified atom stereocenters. The molecule has 0 N–H and O–H groups in total. The van der Waals surface area contributed by atoms with Crippen LogP contribution in [-0.2, 0) is 4.79 Å². The summed E-state index contributed by atoms with van der Waals surface area (Å²) in [5, 5.41) is 0. The average Bonchev–Trinajstić information content (AvgIpc) is 3.04. The van der Waals surface area contributed by atoms with E-state index in [0.717, 1.165) is 21.5 Å². The summed E-state index contributed by atoms with van der Waals surface area (Å²) < 4.78 is 5.39. The minimum Gasteiger partial charge on any atom is -0.425 e. The topological polar surface area (TPSA) is 89.5 Å². The van der Waals surface area contributed by atoms with Crippen LogP contribution in [0.25, 0.3) is 22.3 Å². The van der Waals surface area contributed by atoms with Crippen LogP contribution >= 0.6 is 0 Å². The van der Waals surface area contributed by atoms with Crippen molar-refractivity contribution in [3.05, 3.63) is 90.1 Å². The number of carbonyl (C=O) groups is 3. The van der Waals surface area contributed by atoms with Gasteiger partial charge in [-0.3, -0.25) is 19.5 Å². The van der Waals surface area contributed by atoms with E-state index < -0.39 is 24.3 Å². The molecule has 0 aliphatic carbocycles. The number of hydrogen-bond acceptors (Lipinski definition) is 6. The van der Waals surface area contributed by atoms with E-state index in [0.29, 0.717) is 5.69 Å². The number of imide groups is 1. The first-order chi connectivity index (χ1) is 15.1. The molecule has 31 heavy (non-hydrogen) atoms. The van der Waals surface area contributed by atoms with Gasteiger partial charge >= 0.3 is 5.97 Å². The first kappa shape index (κ1) is 18.6. The standard InChI is InChI=1S/C24H15N3O4/c28-22(14-27-23(29)17-8-1-2-9-18(17)24(27)30)31-16-7-5-6-15(12-16)21-13-25-19-10-3-4-11-20(19)26-21/h1-13H,14H2. The van der Waals surface area contributed by atoms with E-state index in [1.54, 1.807) is 48.7 Å². The Hall–Kier alpha value is -4.39. The maximum absolute atomic E-state index is 12.4. The number of aromatic nitrogens is 2. The Morgan fingerprint density at radius 2 is 1.52 bits per heavy atom. The highest BCUT2D eigenvalue weighted by atomic mass is 16.5. The van der Waals surface area contributed by atoms with Crippen LogP contribution in [0.1, 0.15) is 20.7 Å². The molecular formula is C24H15N3O4. The molecule has 2 heterocycles. The Morgan fingerprint density at radius 3 is 2.26 bits per heavy atom. The number of carbonyl (C=O) groups excluding carboxylic acids is 3. The molecule has 0 radical (unpaired) electrons. The molecule has 1 aliphatic rings. The van der Waals surface area contributed by atoms with Crippen LogP contribution in [0.4, 0.5) is 0 Å². The van der Waals surface area contributed by atoms with Gasteiger partial charge in [0.05, 0.1) is 34.1 Å². The molecule has 0 bridgehead atoms. The SMILES string of the molecule is O=C(CN1C(=O)c2ccccc2C1=O)Oc1cccc(-c2cnc3ccccc3n2)c1. The molecule has 1 aliphatic heterocycles. The van der Waals surface area contributed by atoms with Gasteiger partial charge in [0.25, 0.3) is 11.8 Å². The molecule has 150 valence electrons. The van der Waals surface area contributed by atoms with Gasteiger partial charge in [0.15, 0.2) is 0 Å². The fraction of sp³-hybridized carbons (Fsp3) is 0.0417. The van der Waals surface area contributed by atoms with E-state index in [1.807, 2.05) is 30.3 Å².